The summed E-state index contributed by atoms with van der Waals surface area (Å²) in [5, 5.41) is 10.2. The average Bonchev–Trinajstić information content (AvgIpc) is 3.04. The highest BCUT2D eigenvalue weighted by Gasteiger charge is 2.59. The molecule has 4 aliphatic carbocycles. The summed E-state index contributed by atoms with van der Waals surface area (Å²) in [5.41, 5.74) is 2.30. The molecule has 0 amide bonds. The first kappa shape index (κ1) is 25.0. The van der Waals surface area contributed by atoms with Crippen molar-refractivity contribution in [2.45, 2.75) is 111 Å². The summed E-state index contributed by atoms with van der Waals surface area (Å²) >= 11 is -3.86. The first-order valence-electron chi connectivity index (χ1n) is 13.0. The van der Waals surface area contributed by atoms with Gasteiger partial charge in [0.15, 0.2) is 0 Å². The third-order valence-electron chi connectivity index (χ3n) is 10.4. The molecule has 4 N–H and O–H groups in total. The van der Waals surface area contributed by atoms with Crippen molar-refractivity contribution in [1.82, 2.24) is 0 Å². The number of allylic oxidation sites excluding steroid dienone is 1. The topological polar surface area (TPSA) is 90.2 Å². The Labute approximate surface area is 196 Å². The minimum Gasteiger partial charge on any atom is -0.393 e. The predicted molar refractivity (Wildman–Crippen MR) is 130 cm³/mol. The van der Waals surface area contributed by atoms with Gasteiger partial charge in [0.2, 0.25) is 11.2 Å². The van der Waals surface area contributed by atoms with Crippen molar-refractivity contribution >= 4 is 11.2 Å². The molecule has 0 aliphatic heterocycles. The Morgan fingerprint density at radius 2 is 1.78 bits per heavy atom. The minimum atomic E-state index is -3.86. The lowest BCUT2D eigenvalue weighted by molar-refractivity contribution is -0.0573. The van der Waals surface area contributed by atoms with E-state index in [4.69, 9.17) is 17.8 Å². The molecule has 6 heteroatoms. The quantitative estimate of drug-likeness (QED) is 0.294. The van der Waals surface area contributed by atoms with Crippen LogP contribution >= 0.6 is 11.2 Å². The third kappa shape index (κ3) is 4.70. The molecule has 9 atom stereocenters. The van der Waals surface area contributed by atoms with E-state index in [1.54, 1.807) is 12.5 Å². The first-order valence-corrected chi connectivity index (χ1v) is 14.4. The number of rotatable bonds is 7. The zero-order valence-electron chi connectivity index (χ0n) is 20.5. The van der Waals surface area contributed by atoms with Crippen molar-refractivity contribution in [3.63, 3.8) is 0 Å². The highest BCUT2D eigenvalue weighted by Crippen LogP contribution is 2.67. The van der Waals surface area contributed by atoms with Gasteiger partial charge in [0, 0.05) is 0 Å². The van der Waals surface area contributed by atoms with Gasteiger partial charge in [-0.15, -0.1) is 0 Å². The second-order valence-corrected chi connectivity index (χ2v) is 13.3. The summed E-state index contributed by atoms with van der Waals surface area (Å²) < 4.78 is 32.2. The van der Waals surface area contributed by atoms with Crippen LogP contribution in [0.5, 0.6) is 0 Å². The number of fused-ring (bicyclic) bond motifs is 5. The molecule has 4 aliphatic rings. The predicted octanol–water partition coefficient (Wildman–Crippen LogP) is 7.28. The van der Waals surface area contributed by atoms with Crippen LogP contribution in [0, 0.1) is 40.4 Å². The highest BCUT2D eigenvalue weighted by atomic mass is 32.3. The van der Waals surface area contributed by atoms with Crippen molar-refractivity contribution in [2.75, 3.05) is 0 Å². The largest absolute Gasteiger partial charge is 0.393 e. The van der Waals surface area contributed by atoms with Crippen LogP contribution < -0.4 is 0 Å². The molecular weight excluding hydrogens is 424 g/mol. The van der Waals surface area contributed by atoms with Crippen molar-refractivity contribution in [3.8, 4) is 0 Å². The molecule has 0 aromatic heterocycles. The number of aliphatic hydroxyl groups is 1. The van der Waals surface area contributed by atoms with Gasteiger partial charge in [-0.1, -0.05) is 45.3 Å². The van der Waals surface area contributed by atoms with Gasteiger partial charge in [-0.25, -0.2) is 0 Å². The number of aliphatic hydroxyl groups excluding tert-OH is 1. The van der Waals surface area contributed by atoms with Crippen molar-refractivity contribution < 1.29 is 22.9 Å². The summed E-state index contributed by atoms with van der Waals surface area (Å²) in [6.45, 7) is 9.29. The molecule has 0 spiro atoms. The SMILES string of the molecule is CC(CCCC(C)C1CCC2C3CC=C4CC(O)CCC4(C)C3CCC12C)OS(O)(O)O. The van der Waals surface area contributed by atoms with E-state index in [1.165, 1.54) is 32.1 Å². The summed E-state index contributed by atoms with van der Waals surface area (Å²) in [6.07, 6.45) is 14.5. The van der Waals surface area contributed by atoms with E-state index in [0.717, 1.165) is 62.2 Å². The molecule has 9 unspecified atom stereocenters. The zero-order valence-corrected chi connectivity index (χ0v) is 21.3. The zero-order chi connectivity index (χ0) is 23.3. The normalized spacial score (nSPS) is 44.1. The lowest BCUT2D eigenvalue weighted by Gasteiger charge is -2.58. The van der Waals surface area contributed by atoms with Crippen LogP contribution in [0.3, 0.4) is 0 Å². The highest BCUT2D eigenvalue weighted by molar-refractivity contribution is 8.15. The maximum absolute atomic E-state index is 10.2. The van der Waals surface area contributed by atoms with E-state index in [2.05, 4.69) is 26.8 Å². The van der Waals surface area contributed by atoms with Crippen LogP contribution in [-0.2, 0) is 4.18 Å². The molecule has 0 bridgehead atoms. The Morgan fingerprint density at radius 1 is 1.03 bits per heavy atom. The van der Waals surface area contributed by atoms with Crippen LogP contribution in [0.15, 0.2) is 11.6 Å². The molecule has 4 rings (SSSR count). The summed E-state index contributed by atoms with van der Waals surface area (Å²) in [4.78, 5) is 0. The van der Waals surface area contributed by atoms with Crippen molar-refractivity contribution in [2.24, 2.45) is 40.4 Å². The van der Waals surface area contributed by atoms with Crippen LogP contribution in [0.2, 0.25) is 0 Å². The molecule has 32 heavy (non-hydrogen) atoms. The Balaban J connectivity index is 1.38. The van der Waals surface area contributed by atoms with Crippen molar-refractivity contribution in [3.05, 3.63) is 11.6 Å². The summed E-state index contributed by atoms with van der Waals surface area (Å²) in [7, 11) is 0. The lowest BCUT2D eigenvalue weighted by Crippen LogP contribution is -2.50. The fraction of sp³-hybridized carbons (Fsp3) is 0.923. The molecule has 0 saturated heterocycles. The van der Waals surface area contributed by atoms with Gasteiger partial charge in [-0.2, -0.15) is 0 Å². The Morgan fingerprint density at radius 3 is 2.50 bits per heavy atom. The lowest BCUT2D eigenvalue weighted by atomic mass is 9.47. The second kappa shape index (κ2) is 9.16. The van der Waals surface area contributed by atoms with E-state index in [1.807, 2.05) is 0 Å². The molecule has 5 nitrogen and oxygen atoms in total. The van der Waals surface area contributed by atoms with E-state index < -0.39 is 11.2 Å². The molecule has 186 valence electrons. The van der Waals surface area contributed by atoms with Crippen LogP contribution in [0.4, 0.5) is 0 Å². The van der Waals surface area contributed by atoms with Gasteiger partial charge in [-0.3, -0.25) is 17.8 Å². The average molecular weight is 471 g/mol. The Kier molecular flexibility index (Phi) is 7.16. The fourth-order valence-electron chi connectivity index (χ4n) is 8.81. The maximum atomic E-state index is 10.2. The molecule has 3 saturated carbocycles. The van der Waals surface area contributed by atoms with E-state index in [-0.39, 0.29) is 12.2 Å². The van der Waals surface area contributed by atoms with Gasteiger partial charge >= 0.3 is 0 Å². The maximum Gasteiger partial charge on any atom is 0.216 e. The van der Waals surface area contributed by atoms with Gasteiger partial charge in [0.1, 0.15) is 0 Å². The minimum absolute atomic E-state index is 0.130. The number of hydrogen-bond donors (Lipinski definition) is 4. The smallest absolute Gasteiger partial charge is 0.216 e. The van der Waals surface area contributed by atoms with Crippen LogP contribution in [0.25, 0.3) is 0 Å². The summed E-state index contributed by atoms with van der Waals surface area (Å²) in [6, 6.07) is 0. The second-order valence-electron chi connectivity index (χ2n) is 12.2. The van der Waals surface area contributed by atoms with E-state index in [0.29, 0.717) is 16.7 Å². The fourth-order valence-corrected chi connectivity index (χ4v) is 9.35. The monoisotopic (exact) mass is 470 g/mol. The number of hydrogen-bond acceptors (Lipinski definition) is 5. The Bertz CT molecular complexity index is 705. The van der Waals surface area contributed by atoms with Crippen LogP contribution in [0.1, 0.15) is 98.3 Å². The standard InChI is InChI=1S/C26H46O5S/c1-17(6-5-7-18(2)31-32(28,29)30)22-10-11-23-21-9-8-19-16-20(27)12-14-25(19,3)24(21)13-15-26(22,23)4/h8,17-18,20-24,27-30H,5-7,9-16H2,1-4H3. The molecule has 3 fully saturated rings. The van der Waals surface area contributed by atoms with Gasteiger partial charge in [0.05, 0.1) is 12.2 Å². The third-order valence-corrected chi connectivity index (χ3v) is 11.0. The van der Waals surface area contributed by atoms with Crippen LogP contribution in [-0.4, -0.2) is 31.0 Å². The molecule has 0 radical (unpaired) electrons. The van der Waals surface area contributed by atoms with Gasteiger partial charge < -0.3 is 5.11 Å². The first-order chi connectivity index (χ1) is 14.9. The molecule has 0 aromatic rings. The molecular formula is C26H46O5S. The van der Waals surface area contributed by atoms with Crippen molar-refractivity contribution in [1.29, 1.82) is 0 Å². The van der Waals surface area contributed by atoms with E-state index >= 15 is 0 Å². The van der Waals surface area contributed by atoms with Gasteiger partial charge in [0.25, 0.3) is 0 Å². The van der Waals surface area contributed by atoms with E-state index in [9.17, 15) is 5.11 Å². The molecule has 0 heterocycles. The molecule has 0 aromatic carbocycles. The summed E-state index contributed by atoms with van der Waals surface area (Å²) in [5.74, 6) is 3.82. The Hall–Kier alpha value is -0.110. The van der Waals surface area contributed by atoms with Gasteiger partial charge in [-0.05, 0) is 105 Å².